The minimum atomic E-state index is -1.11. The van der Waals surface area contributed by atoms with Gasteiger partial charge >= 0.3 is 12.1 Å². The van der Waals surface area contributed by atoms with Crippen LogP contribution in [-0.4, -0.2) is 33.8 Å². The highest BCUT2D eigenvalue weighted by atomic mass is 16.6. The first kappa shape index (κ1) is 14.9. The van der Waals surface area contributed by atoms with E-state index in [1.807, 2.05) is 0 Å². The number of carbonyl (C=O) groups is 2. The van der Waals surface area contributed by atoms with E-state index in [0.29, 0.717) is 5.69 Å². The highest BCUT2D eigenvalue weighted by molar-refractivity contribution is 5.94. The molecule has 1 amide bonds. The van der Waals surface area contributed by atoms with Crippen LogP contribution in [0.4, 0.5) is 10.5 Å². The zero-order chi connectivity index (χ0) is 14.6. The van der Waals surface area contributed by atoms with Crippen molar-refractivity contribution in [2.24, 2.45) is 0 Å². The number of amides is 1. The van der Waals surface area contributed by atoms with E-state index in [4.69, 9.17) is 9.84 Å². The van der Waals surface area contributed by atoms with E-state index in [1.54, 1.807) is 32.9 Å². The predicted molar refractivity (Wildman–Crippen MR) is 70.0 cm³/mol. The Morgan fingerprint density at radius 3 is 2.26 bits per heavy atom. The monoisotopic (exact) mass is 266 g/mol. The molecule has 0 radical (unpaired) electrons. The fraction of sp³-hybridized carbons (Fsp3) is 0.462. The number of carboxylic acids is 1. The van der Waals surface area contributed by atoms with Gasteiger partial charge in [0.25, 0.3) is 0 Å². The number of anilines is 1. The molecule has 1 atom stereocenters. The third-order valence-electron chi connectivity index (χ3n) is 2.28. The first-order chi connectivity index (χ1) is 8.72. The maximum atomic E-state index is 12.1. The van der Waals surface area contributed by atoms with E-state index in [2.05, 4.69) is 4.98 Å². The molecule has 6 nitrogen and oxygen atoms in total. The van der Waals surface area contributed by atoms with Crippen molar-refractivity contribution in [3.63, 3.8) is 0 Å². The largest absolute Gasteiger partial charge is 0.480 e. The zero-order valence-electron chi connectivity index (χ0n) is 11.5. The summed E-state index contributed by atoms with van der Waals surface area (Å²) in [5, 5.41) is 9.10. The van der Waals surface area contributed by atoms with Crippen LogP contribution in [0.25, 0.3) is 0 Å². The van der Waals surface area contributed by atoms with Crippen LogP contribution >= 0.6 is 0 Å². The fourth-order valence-electron chi connectivity index (χ4n) is 1.41. The van der Waals surface area contributed by atoms with E-state index >= 15 is 0 Å². The van der Waals surface area contributed by atoms with Crippen molar-refractivity contribution in [3.8, 4) is 0 Å². The summed E-state index contributed by atoms with van der Waals surface area (Å²) in [6.07, 6.45) is 2.27. The summed E-state index contributed by atoms with van der Waals surface area (Å²) in [7, 11) is 0. The lowest BCUT2D eigenvalue weighted by atomic mass is 10.2. The normalized spacial score (nSPS) is 12.6. The Bertz CT molecular complexity index is 453. The summed E-state index contributed by atoms with van der Waals surface area (Å²) in [5.74, 6) is -1.11. The number of carbonyl (C=O) groups excluding carboxylic acids is 1. The fourth-order valence-corrected chi connectivity index (χ4v) is 1.41. The highest BCUT2D eigenvalue weighted by Crippen LogP contribution is 2.20. The van der Waals surface area contributed by atoms with E-state index in [-0.39, 0.29) is 0 Å². The van der Waals surface area contributed by atoms with E-state index in [0.717, 1.165) is 4.90 Å². The Labute approximate surface area is 112 Å². The van der Waals surface area contributed by atoms with Crippen LogP contribution in [0.15, 0.2) is 24.5 Å². The molecule has 6 heteroatoms. The van der Waals surface area contributed by atoms with Crippen molar-refractivity contribution >= 4 is 17.7 Å². The van der Waals surface area contributed by atoms with Gasteiger partial charge in [-0.15, -0.1) is 0 Å². The Morgan fingerprint density at radius 1 is 1.32 bits per heavy atom. The standard InChI is InChI=1S/C13H18N2O4/c1-9(11(16)17)15(10-5-7-14-8-6-10)12(18)19-13(2,3)4/h5-9H,1-4H3,(H,16,17)/t9-/m0/s1. The molecule has 0 saturated heterocycles. The molecule has 0 unspecified atom stereocenters. The SMILES string of the molecule is C[C@@H](C(=O)O)N(C(=O)OC(C)(C)C)c1ccncc1. The minimum Gasteiger partial charge on any atom is -0.480 e. The summed E-state index contributed by atoms with van der Waals surface area (Å²) in [5.41, 5.74) is -0.264. The van der Waals surface area contributed by atoms with Gasteiger partial charge in [-0.05, 0) is 39.8 Å². The summed E-state index contributed by atoms with van der Waals surface area (Å²) in [6.45, 7) is 6.59. The van der Waals surface area contributed by atoms with Gasteiger partial charge in [0.2, 0.25) is 0 Å². The highest BCUT2D eigenvalue weighted by Gasteiger charge is 2.31. The van der Waals surface area contributed by atoms with Crippen LogP contribution in [0, 0.1) is 0 Å². The van der Waals surface area contributed by atoms with Gasteiger partial charge in [-0.25, -0.2) is 9.59 Å². The number of aromatic nitrogens is 1. The second-order valence-corrected chi connectivity index (χ2v) is 5.07. The van der Waals surface area contributed by atoms with E-state index < -0.39 is 23.7 Å². The Balaban J connectivity index is 3.07. The molecule has 1 aromatic heterocycles. The average Bonchev–Trinajstić information content (AvgIpc) is 2.28. The topological polar surface area (TPSA) is 79.7 Å². The first-order valence-corrected chi connectivity index (χ1v) is 5.87. The molecule has 1 N–H and O–H groups in total. The van der Waals surface area contributed by atoms with Crippen LogP contribution in [0.5, 0.6) is 0 Å². The second-order valence-electron chi connectivity index (χ2n) is 5.07. The van der Waals surface area contributed by atoms with Gasteiger partial charge in [0, 0.05) is 12.4 Å². The summed E-state index contributed by atoms with van der Waals surface area (Å²) >= 11 is 0. The smallest absolute Gasteiger partial charge is 0.415 e. The maximum Gasteiger partial charge on any atom is 0.415 e. The molecule has 0 aliphatic carbocycles. The number of carboxylic acid groups (broad SMARTS) is 1. The molecule has 0 spiro atoms. The van der Waals surface area contributed by atoms with Gasteiger partial charge in [-0.1, -0.05) is 0 Å². The number of hydrogen-bond donors (Lipinski definition) is 1. The van der Waals surface area contributed by atoms with Crippen LogP contribution in [-0.2, 0) is 9.53 Å². The maximum absolute atomic E-state index is 12.1. The number of hydrogen-bond acceptors (Lipinski definition) is 4. The molecule has 104 valence electrons. The molecule has 0 saturated carbocycles. The molecule has 0 fully saturated rings. The number of ether oxygens (including phenoxy) is 1. The Morgan fingerprint density at radius 2 is 1.84 bits per heavy atom. The van der Waals surface area contributed by atoms with Crippen molar-refractivity contribution in [3.05, 3.63) is 24.5 Å². The van der Waals surface area contributed by atoms with E-state index in [9.17, 15) is 9.59 Å². The van der Waals surface area contributed by atoms with E-state index in [1.165, 1.54) is 19.3 Å². The molecule has 0 aliphatic rings. The molecular formula is C13H18N2O4. The van der Waals surface area contributed by atoms with Gasteiger partial charge in [-0.3, -0.25) is 9.88 Å². The van der Waals surface area contributed by atoms with Crippen LogP contribution < -0.4 is 4.90 Å². The average molecular weight is 266 g/mol. The molecule has 1 heterocycles. The second kappa shape index (κ2) is 5.69. The lowest BCUT2D eigenvalue weighted by Gasteiger charge is -2.29. The van der Waals surface area contributed by atoms with Gasteiger partial charge in [0.05, 0.1) is 5.69 Å². The molecule has 0 aliphatic heterocycles. The third kappa shape index (κ3) is 4.24. The quantitative estimate of drug-likeness (QED) is 0.908. The molecule has 0 aromatic carbocycles. The molecular weight excluding hydrogens is 248 g/mol. The van der Waals surface area contributed by atoms with Crippen molar-refractivity contribution in [2.75, 3.05) is 4.90 Å². The Kier molecular flexibility index (Phi) is 4.47. The van der Waals surface area contributed by atoms with Gasteiger partial charge in [0.1, 0.15) is 11.6 Å². The van der Waals surface area contributed by atoms with Crippen molar-refractivity contribution < 1.29 is 19.4 Å². The summed E-state index contributed by atoms with van der Waals surface area (Å²) in [6, 6.07) is 2.09. The molecule has 19 heavy (non-hydrogen) atoms. The predicted octanol–water partition coefficient (Wildman–Crippen LogP) is 2.30. The Hall–Kier alpha value is -2.11. The van der Waals surface area contributed by atoms with Crippen molar-refractivity contribution in [2.45, 2.75) is 39.3 Å². The van der Waals surface area contributed by atoms with Gasteiger partial charge < -0.3 is 9.84 Å². The number of rotatable bonds is 3. The molecule has 1 aromatic rings. The van der Waals surface area contributed by atoms with Crippen LogP contribution in [0.1, 0.15) is 27.7 Å². The van der Waals surface area contributed by atoms with Crippen molar-refractivity contribution in [1.82, 2.24) is 4.98 Å². The number of nitrogens with zero attached hydrogens (tertiary/aromatic N) is 2. The molecule has 1 rings (SSSR count). The lowest BCUT2D eigenvalue weighted by molar-refractivity contribution is -0.138. The summed E-state index contributed by atoms with van der Waals surface area (Å²) in [4.78, 5) is 28.2. The van der Waals surface area contributed by atoms with Gasteiger partial charge in [0.15, 0.2) is 0 Å². The third-order valence-corrected chi connectivity index (χ3v) is 2.28. The number of pyridine rings is 1. The molecule has 0 bridgehead atoms. The lowest BCUT2D eigenvalue weighted by Crippen LogP contribution is -2.46. The number of aliphatic carboxylic acids is 1. The van der Waals surface area contributed by atoms with Gasteiger partial charge in [-0.2, -0.15) is 0 Å². The summed E-state index contributed by atoms with van der Waals surface area (Å²) < 4.78 is 5.23. The minimum absolute atomic E-state index is 0.430. The first-order valence-electron chi connectivity index (χ1n) is 5.87. The van der Waals surface area contributed by atoms with Crippen LogP contribution in [0.2, 0.25) is 0 Å². The van der Waals surface area contributed by atoms with Crippen LogP contribution in [0.3, 0.4) is 0 Å². The zero-order valence-corrected chi connectivity index (χ0v) is 11.5. The van der Waals surface area contributed by atoms with Crippen molar-refractivity contribution in [1.29, 1.82) is 0 Å².